The molecule has 0 aliphatic carbocycles. The first-order valence-corrected chi connectivity index (χ1v) is 11.1. The number of rotatable bonds is 4. The number of sulfonamides is 1. The maximum Gasteiger partial charge on any atom is 0.261 e. The summed E-state index contributed by atoms with van der Waals surface area (Å²) >= 11 is 6.06. The van der Waals surface area contributed by atoms with Gasteiger partial charge in [-0.25, -0.2) is 8.42 Å². The molecule has 0 radical (unpaired) electrons. The zero-order valence-corrected chi connectivity index (χ0v) is 18.5. The lowest BCUT2D eigenvalue weighted by atomic mass is 10.1. The number of halogens is 1. The van der Waals surface area contributed by atoms with Crippen LogP contribution in [0.2, 0.25) is 5.02 Å². The molecule has 0 saturated heterocycles. The standard InChI is InChI=1S/C22H19ClN2O5S/c1-13-4-7-21-18(10-13)25(2)22(26)16-11-14(5-8-19(16)30-21)24-31(27,28)15-6-9-20(29-3)17(23)12-15/h4-12,24H,1-3H3. The molecule has 0 aromatic heterocycles. The number of methoxy groups -OCH3 is 1. The Morgan fingerprint density at radius 3 is 2.48 bits per heavy atom. The summed E-state index contributed by atoms with van der Waals surface area (Å²) in [7, 11) is -0.851. The predicted octanol–water partition coefficient (Wildman–Crippen LogP) is 4.84. The van der Waals surface area contributed by atoms with Gasteiger partial charge in [-0.2, -0.15) is 0 Å². The molecule has 0 unspecified atom stereocenters. The number of ether oxygens (including phenoxy) is 2. The molecule has 3 aromatic rings. The van der Waals surface area contributed by atoms with E-state index in [4.69, 9.17) is 21.1 Å². The smallest absolute Gasteiger partial charge is 0.261 e. The van der Waals surface area contributed by atoms with E-state index in [9.17, 15) is 13.2 Å². The molecular formula is C22H19ClN2O5S. The molecule has 1 heterocycles. The number of hydrogen-bond acceptors (Lipinski definition) is 5. The van der Waals surface area contributed by atoms with Crippen LogP contribution in [0.3, 0.4) is 0 Å². The fourth-order valence-corrected chi connectivity index (χ4v) is 4.66. The molecule has 31 heavy (non-hydrogen) atoms. The highest BCUT2D eigenvalue weighted by Gasteiger charge is 2.27. The van der Waals surface area contributed by atoms with Crippen LogP contribution in [0.25, 0.3) is 0 Å². The van der Waals surface area contributed by atoms with Gasteiger partial charge in [-0.3, -0.25) is 9.52 Å². The van der Waals surface area contributed by atoms with Crippen molar-refractivity contribution < 1.29 is 22.7 Å². The third-order valence-electron chi connectivity index (χ3n) is 4.90. The average molecular weight is 459 g/mol. The molecule has 1 amide bonds. The van der Waals surface area contributed by atoms with Crippen LogP contribution >= 0.6 is 11.6 Å². The Labute approximate surface area is 185 Å². The molecule has 0 bridgehead atoms. The number of fused-ring (bicyclic) bond motifs is 2. The molecule has 160 valence electrons. The summed E-state index contributed by atoms with van der Waals surface area (Å²) in [6.07, 6.45) is 0. The number of carbonyl (C=O) groups is 1. The maximum absolute atomic E-state index is 13.1. The van der Waals surface area contributed by atoms with Crippen molar-refractivity contribution in [2.24, 2.45) is 0 Å². The van der Waals surface area contributed by atoms with Gasteiger partial charge in [0.1, 0.15) is 11.5 Å². The van der Waals surface area contributed by atoms with E-state index in [1.54, 1.807) is 19.2 Å². The van der Waals surface area contributed by atoms with Crippen molar-refractivity contribution >= 4 is 38.9 Å². The summed E-state index contributed by atoms with van der Waals surface area (Å²) < 4.78 is 39.1. The quantitative estimate of drug-likeness (QED) is 0.604. The number of aryl methyl sites for hydroxylation is 1. The minimum absolute atomic E-state index is 0.0317. The zero-order valence-electron chi connectivity index (χ0n) is 17.0. The fourth-order valence-electron chi connectivity index (χ4n) is 3.26. The van der Waals surface area contributed by atoms with E-state index in [1.165, 1.54) is 42.3 Å². The predicted molar refractivity (Wildman–Crippen MR) is 119 cm³/mol. The fraction of sp³-hybridized carbons (Fsp3) is 0.136. The Morgan fingerprint density at radius 2 is 1.77 bits per heavy atom. The third kappa shape index (κ3) is 3.92. The summed E-state index contributed by atoms with van der Waals surface area (Å²) in [5, 5.41) is 0.172. The van der Waals surface area contributed by atoms with Crippen molar-refractivity contribution in [3.63, 3.8) is 0 Å². The third-order valence-corrected chi connectivity index (χ3v) is 6.57. The first-order valence-electron chi connectivity index (χ1n) is 9.26. The highest BCUT2D eigenvalue weighted by Crippen LogP contribution is 2.39. The largest absolute Gasteiger partial charge is 0.495 e. The van der Waals surface area contributed by atoms with Crippen LogP contribution in [0.15, 0.2) is 59.5 Å². The molecule has 3 aromatic carbocycles. The van der Waals surface area contributed by atoms with Gasteiger partial charge in [0.2, 0.25) is 0 Å². The number of amides is 1. The van der Waals surface area contributed by atoms with E-state index < -0.39 is 10.0 Å². The molecule has 1 aliphatic rings. The van der Waals surface area contributed by atoms with Crippen LogP contribution in [0.1, 0.15) is 15.9 Å². The van der Waals surface area contributed by atoms with E-state index in [0.717, 1.165) is 5.56 Å². The minimum Gasteiger partial charge on any atom is -0.495 e. The zero-order chi connectivity index (χ0) is 22.3. The monoisotopic (exact) mass is 458 g/mol. The van der Waals surface area contributed by atoms with Crippen LogP contribution in [0.5, 0.6) is 17.2 Å². The van der Waals surface area contributed by atoms with E-state index in [2.05, 4.69) is 4.72 Å². The summed E-state index contributed by atoms with van der Waals surface area (Å²) in [6.45, 7) is 1.93. The van der Waals surface area contributed by atoms with E-state index in [0.29, 0.717) is 22.9 Å². The van der Waals surface area contributed by atoms with Gasteiger partial charge in [-0.15, -0.1) is 0 Å². The van der Waals surface area contributed by atoms with Crippen LogP contribution < -0.4 is 19.1 Å². The van der Waals surface area contributed by atoms with Crippen LogP contribution in [0.4, 0.5) is 11.4 Å². The molecule has 0 saturated carbocycles. The number of nitrogens with one attached hydrogen (secondary N) is 1. The average Bonchev–Trinajstić information content (AvgIpc) is 2.83. The van der Waals surface area contributed by atoms with E-state index in [1.807, 2.05) is 19.1 Å². The lowest BCUT2D eigenvalue weighted by molar-refractivity contribution is 0.0993. The van der Waals surface area contributed by atoms with Gasteiger partial charge in [0.05, 0.1) is 28.3 Å². The number of benzene rings is 3. The summed E-state index contributed by atoms with van der Waals surface area (Å²) in [4.78, 5) is 14.5. The molecule has 4 rings (SSSR count). The van der Waals surface area contributed by atoms with Gasteiger partial charge < -0.3 is 14.4 Å². The lowest BCUT2D eigenvalue weighted by Gasteiger charge is -2.17. The van der Waals surface area contributed by atoms with Gasteiger partial charge in [0, 0.05) is 12.7 Å². The molecule has 1 N–H and O–H groups in total. The highest BCUT2D eigenvalue weighted by molar-refractivity contribution is 7.92. The van der Waals surface area contributed by atoms with Crippen molar-refractivity contribution in [2.75, 3.05) is 23.8 Å². The first kappa shape index (κ1) is 21.0. The van der Waals surface area contributed by atoms with Gasteiger partial charge >= 0.3 is 0 Å². The molecule has 1 aliphatic heterocycles. The summed E-state index contributed by atoms with van der Waals surface area (Å²) in [5.74, 6) is 0.940. The SMILES string of the molecule is COc1ccc(S(=O)(=O)Nc2ccc3c(c2)C(=O)N(C)c2cc(C)ccc2O3)cc1Cl. The van der Waals surface area contributed by atoms with Crippen molar-refractivity contribution in [3.8, 4) is 17.2 Å². The van der Waals surface area contributed by atoms with Crippen molar-refractivity contribution in [3.05, 3.63) is 70.7 Å². The van der Waals surface area contributed by atoms with Crippen molar-refractivity contribution in [1.29, 1.82) is 0 Å². The number of nitrogens with zero attached hydrogens (tertiary/aromatic N) is 1. The lowest BCUT2D eigenvalue weighted by Crippen LogP contribution is -2.25. The second-order valence-corrected chi connectivity index (χ2v) is 9.14. The molecule has 0 fully saturated rings. The van der Waals surface area contributed by atoms with Crippen molar-refractivity contribution in [1.82, 2.24) is 0 Å². The second kappa shape index (κ2) is 7.79. The Kier molecular flexibility index (Phi) is 5.28. The maximum atomic E-state index is 13.1. The van der Waals surface area contributed by atoms with Gasteiger partial charge in [-0.05, 0) is 61.0 Å². The van der Waals surface area contributed by atoms with Crippen molar-refractivity contribution in [2.45, 2.75) is 11.8 Å². The minimum atomic E-state index is -3.94. The number of anilines is 2. The normalized spacial score (nSPS) is 13.0. The van der Waals surface area contributed by atoms with E-state index >= 15 is 0 Å². The van der Waals surface area contributed by atoms with Gasteiger partial charge in [-0.1, -0.05) is 17.7 Å². The summed E-state index contributed by atoms with van der Waals surface area (Å²) in [5.41, 5.74) is 2.08. The molecule has 0 spiro atoms. The second-order valence-electron chi connectivity index (χ2n) is 7.05. The molecule has 7 nitrogen and oxygen atoms in total. The number of carbonyl (C=O) groups excluding carboxylic acids is 1. The first-order chi connectivity index (χ1) is 14.7. The summed E-state index contributed by atoms with van der Waals surface area (Å²) in [6, 6.07) is 14.3. The Hall–Kier alpha value is -3.23. The van der Waals surface area contributed by atoms with Gasteiger partial charge in [0.15, 0.2) is 5.75 Å². The highest BCUT2D eigenvalue weighted by atomic mass is 35.5. The number of hydrogen-bond donors (Lipinski definition) is 1. The Bertz CT molecular complexity index is 1310. The van der Waals surface area contributed by atoms with Crippen LogP contribution in [-0.2, 0) is 10.0 Å². The Morgan fingerprint density at radius 1 is 1.03 bits per heavy atom. The van der Waals surface area contributed by atoms with Crippen LogP contribution in [0, 0.1) is 6.92 Å². The van der Waals surface area contributed by atoms with Gasteiger partial charge in [0.25, 0.3) is 15.9 Å². The topological polar surface area (TPSA) is 84.9 Å². The molecule has 0 atom stereocenters. The Balaban J connectivity index is 1.68. The van der Waals surface area contributed by atoms with Crippen LogP contribution in [-0.4, -0.2) is 28.5 Å². The molecular weight excluding hydrogens is 440 g/mol. The molecule has 9 heteroatoms. The van der Waals surface area contributed by atoms with E-state index in [-0.39, 0.29) is 27.1 Å².